The highest BCUT2D eigenvalue weighted by Gasteiger charge is 2.49. The summed E-state index contributed by atoms with van der Waals surface area (Å²) < 4.78 is 34.6. The Morgan fingerprint density at radius 1 is 1.08 bits per heavy atom. The Hall–Kier alpha value is -4.36. The molecule has 4 rings (SSSR count). The van der Waals surface area contributed by atoms with Gasteiger partial charge in [-0.05, 0) is 34.9 Å². The molecule has 3 aromatic rings. The molecule has 0 saturated heterocycles. The van der Waals surface area contributed by atoms with E-state index in [1.165, 1.54) is 37.5 Å². The minimum Gasteiger partial charge on any atom is -0.481 e. The summed E-state index contributed by atoms with van der Waals surface area (Å²) in [6, 6.07) is 13.5. The van der Waals surface area contributed by atoms with Crippen LogP contribution in [0.4, 0.5) is 0 Å². The van der Waals surface area contributed by atoms with E-state index < -0.39 is 21.6 Å². The van der Waals surface area contributed by atoms with E-state index in [2.05, 4.69) is 15.0 Å². The Bertz CT molecular complexity index is 1440. The van der Waals surface area contributed by atoms with E-state index in [9.17, 15) is 13.2 Å². The van der Waals surface area contributed by atoms with Crippen molar-refractivity contribution >= 4 is 28.0 Å². The average molecular weight is 542 g/mol. The van der Waals surface area contributed by atoms with Crippen molar-refractivity contribution in [2.45, 2.75) is 12.5 Å². The van der Waals surface area contributed by atoms with Crippen LogP contribution < -0.4 is 9.92 Å². The van der Waals surface area contributed by atoms with Gasteiger partial charge in [0.25, 0.3) is 11.9 Å². The third-order valence-corrected chi connectivity index (χ3v) is 6.54. The van der Waals surface area contributed by atoms with Crippen molar-refractivity contribution in [3.05, 3.63) is 78.4 Å². The smallest absolute Gasteiger partial charge is 0.311 e. The molecule has 1 unspecified atom stereocenters. The minimum atomic E-state index is -3.89. The van der Waals surface area contributed by atoms with Crippen LogP contribution in [0.2, 0.25) is 0 Å². The van der Waals surface area contributed by atoms with Crippen LogP contribution in [-0.2, 0) is 30.0 Å². The number of carboxylic acids is 1. The first kappa shape index (κ1) is 28.2. The Labute approximate surface area is 219 Å². The molecule has 200 valence electrons. The maximum absolute atomic E-state index is 13.6. The lowest BCUT2D eigenvalue weighted by Gasteiger charge is -2.27. The van der Waals surface area contributed by atoms with Gasteiger partial charge in [0, 0.05) is 39.0 Å². The van der Waals surface area contributed by atoms with Gasteiger partial charge in [-0.2, -0.15) is 8.42 Å². The van der Waals surface area contributed by atoms with Gasteiger partial charge in [0.05, 0.1) is 6.61 Å². The van der Waals surface area contributed by atoms with Gasteiger partial charge >= 0.3 is 10.1 Å². The third kappa shape index (κ3) is 6.30. The first-order valence-electron chi connectivity index (χ1n) is 11.2. The van der Waals surface area contributed by atoms with Crippen LogP contribution in [-0.4, -0.2) is 72.7 Å². The first-order chi connectivity index (χ1) is 18.0. The molecule has 12 nitrogen and oxygen atoms in total. The molecule has 0 radical (unpaired) electrons. The van der Waals surface area contributed by atoms with Gasteiger partial charge in [0.1, 0.15) is 17.8 Å². The Balaban J connectivity index is 0.000000934. The van der Waals surface area contributed by atoms with Crippen molar-refractivity contribution in [2.75, 3.05) is 26.5 Å². The van der Waals surface area contributed by atoms with E-state index in [-0.39, 0.29) is 30.0 Å². The summed E-state index contributed by atoms with van der Waals surface area (Å²) in [5, 5.41) is 7.42. The van der Waals surface area contributed by atoms with E-state index >= 15 is 0 Å². The lowest BCUT2D eigenvalue weighted by molar-refractivity contribution is -0.134. The Kier molecular flexibility index (Phi) is 8.76. The van der Waals surface area contributed by atoms with Crippen molar-refractivity contribution in [3.63, 3.8) is 0 Å². The molecule has 0 fully saturated rings. The van der Waals surface area contributed by atoms with E-state index in [1.807, 2.05) is 12.1 Å². The van der Waals surface area contributed by atoms with Crippen LogP contribution in [0.25, 0.3) is 11.1 Å². The molecular formula is C25H27N5O7S. The van der Waals surface area contributed by atoms with Crippen LogP contribution in [0.5, 0.6) is 5.75 Å². The van der Waals surface area contributed by atoms with Gasteiger partial charge in [-0.3, -0.25) is 14.5 Å². The highest BCUT2D eigenvalue weighted by Crippen LogP contribution is 2.41. The summed E-state index contributed by atoms with van der Waals surface area (Å²) in [7, 11) is -0.956. The predicted molar refractivity (Wildman–Crippen MR) is 139 cm³/mol. The second kappa shape index (κ2) is 11.8. The van der Waals surface area contributed by atoms with E-state index in [4.69, 9.17) is 24.6 Å². The topological polar surface area (TPSA) is 174 Å². The molecule has 3 N–H and O–H groups in total. The number of hydrogen-bond donors (Lipinski definition) is 2. The number of carbonyl (C=O) groups excluding carboxylic acids is 1. The molecule has 0 saturated carbocycles. The fourth-order valence-corrected chi connectivity index (χ4v) is 4.55. The molecule has 0 aliphatic carbocycles. The van der Waals surface area contributed by atoms with E-state index in [1.54, 1.807) is 36.7 Å². The number of aromatic nitrogens is 2. The number of guanidine groups is 1. The molecule has 0 spiro atoms. The van der Waals surface area contributed by atoms with Crippen molar-refractivity contribution in [3.8, 4) is 16.9 Å². The molecular weight excluding hydrogens is 514 g/mol. The van der Waals surface area contributed by atoms with Crippen LogP contribution in [0.15, 0.2) is 72.2 Å². The molecule has 1 amide bonds. The zero-order chi connectivity index (χ0) is 27.9. The highest BCUT2D eigenvalue weighted by molar-refractivity contribution is 7.87. The number of likely N-dealkylation sites (N-methyl/N-ethyl adjacent to an activating group) is 1. The number of nitrogens with zero attached hydrogens (tertiary/aromatic N) is 4. The summed E-state index contributed by atoms with van der Waals surface area (Å²) in [6.45, 7) is 1.08. The SMILES string of the molecule is CC(=O)O.COCCS(=O)(=O)Oc1cccc(C2(c3cccc(-c4cncnc4)c3)N=C(N)N(C)C2=O)c1. The molecule has 2 heterocycles. The predicted octanol–water partition coefficient (Wildman–Crippen LogP) is 1.62. The van der Waals surface area contributed by atoms with Gasteiger partial charge in [-0.15, -0.1) is 0 Å². The standard InChI is InChI=1S/C23H23N5O5S.C2H4O2/c1-28-21(29)23(27-22(28)24,18-6-3-5-16(11-18)17-13-25-15-26-14-17)19-7-4-8-20(12-19)33-34(30,31)10-9-32-2;1-2(3)4/h3-8,11-15H,9-10H2,1-2H3,(H2,24,27);1H3,(H,3,4). The molecule has 13 heteroatoms. The van der Waals surface area contributed by atoms with Crippen molar-refractivity contribution in [1.82, 2.24) is 14.9 Å². The summed E-state index contributed by atoms with van der Waals surface area (Å²) in [5.41, 5.74) is 7.03. The van der Waals surface area contributed by atoms with Gasteiger partial charge in [0.15, 0.2) is 11.5 Å². The Morgan fingerprint density at radius 3 is 2.26 bits per heavy atom. The summed E-state index contributed by atoms with van der Waals surface area (Å²) >= 11 is 0. The maximum Gasteiger partial charge on any atom is 0.311 e. The molecule has 1 aliphatic rings. The second-order valence-corrected chi connectivity index (χ2v) is 9.83. The van der Waals surface area contributed by atoms with E-state index in [0.29, 0.717) is 11.1 Å². The number of methoxy groups -OCH3 is 1. The average Bonchev–Trinajstić information content (AvgIpc) is 3.12. The monoisotopic (exact) mass is 541 g/mol. The number of amides is 1. The number of nitrogens with two attached hydrogens (primary N) is 1. The van der Waals surface area contributed by atoms with Crippen LogP contribution >= 0.6 is 0 Å². The molecule has 2 aromatic carbocycles. The fourth-order valence-electron chi connectivity index (χ4n) is 3.70. The number of aliphatic carboxylic acids is 1. The lowest BCUT2D eigenvalue weighted by atomic mass is 9.81. The Morgan fingerprint density at radius 2 is 1.68 bits per heavy atom. The van der Waals surface area contributed by atoms with E-state index in [0.717, 1.165) is 18.1 Å². The second-order valence-electron chi connectivity index (χ2n) is 8.14. The van der Waals surface area contributed by atoms with Crippen LogP contribution in [0, 0.1) is 0 Å². The zero-order valence-electron chi connectivity index (χ0n) is 20.9. The number of carbonyl (C=O) groups is 2. The number of ether oxygens (including phenoxy) is 1. The highest BCUT2D eigenvalue weighted by atomic mass is 32.2. The number of aliphatic imine (C=N–C) groups is 1. The van der Waals surface area contributed by atoms with Crippen LogP contribution in [0.1, 0.15) is 18.1 Å². The normalized spacial score (nSPS) is 16.9. The molecule has 1 aliphatic heterocycles. The lowest BCUT2D eigenvalue weighted by Crippen LogP contribution is -2.41. The van der Waals surface area contributed by atoms with Gasteiger partial charge in [-0.1, -0.05) is 30.3 Å². The number of benzene rings is 2. The summed E-state index contributed by atoms with van der Waals surface area (Å²) in [6.07, 6.45) is 4.76. The van der Waals surface area contributed by atoms with Crippen molar-refractivity contribution in [1.29, 1.82) is 0 Å². The van der Waals surface area contributed by atoms with Gasteiger partial charge in [-0.25, -0.2) is 15.0 Å². The van der Waals surface area contributed by atoms with Gasteiger partial charge < -0.3 is 19.8 Å². The summed E-state index contributed by atoms with van der Waals surface area (Å²) in [4.78, 5) is 36.5. The fraction of sp³-hybridized carbons (Fsp3) is 0.240. The van der Waals surface area contributed by atoms with Gasteiger partial charge in [0.2, 0.25) is 0 Å². The van der Waals surface area contributed by atoms with Crippen molar-refractivity contribution < 1.29 is 32.0 Å². The molecule has 0 bridgehead atoms. The number of hydrogen-bond acceptors (Lipinski definition) is 10. The molecule has 1 atom stereocenters. The maximum atomic E-state index is 13.6. The quantitative estimate of drug-likeness (QED) is 0.399. The van der Waals surface area contributed by atoms with Crippen molar-refractivity contribution in [2.24, 2.45) is 10.7 Å². The number of carboxylic acid groups (broad SMARTS) is 1. The number of rotatable bonds is 8. The molecule has 38 heavy (non-hydrogen) atoms. The van der Waals surface area contributed by atoms with Crippen LogP contribution in [0.3, 0.4) is 0 Å². The first-order valence-corrected chi connectivity index (χ1v) is 12.8. The largest absolute Gasteiger partial charge is 0.481 e. The molecule has 1 aromatic heterocycles. The third-order valence-electron chi connectivity index (χ3n) is 5.43. The summed E-state index contributed by atoms with van der Waals surface area (Å²) in [5.74, 6) is -1.44. The zero-order valence-corrected chi connectivity index (χ0v) is 21.8. The minimum absolute atomic E-state index is 0.00788.